The number of fused-ring (bicyclic) bond motifs is 1. The molecule has 294 valence electrons. The summed E-state index contributed by atoms with van der Waals surface area (Å²) in [5, 5.41) is 8.62. The van der Waals surface area contributed by atoms with Gasteiger partial charge in [0, 0.05) is 21.0 Å². The number of thioether (sulfide) groups is 1. The number of amides is 3. The summed E-state index contributed by atoms with van der Waals surface area (Å²) < 4.78 is 16.3. The number of thiophene rings is 1. The van der Waals surface area contributed by atoms with Crippen molar-refractivity contribution in [3.8, 4) is 11.5 Å². The average Bonchev–Trinajstić information content (AvgIpc) is 3.55. The van der Waals surface area contributed by atoms with E-state index in [1.807, 2.05) is 36.4 Å². The Labute approximate surface area is 341 Å². The molecule has 0 fully saturated rings. The molecule has 12 heteroatoms. The van der Waals surface area contributed by atoms with Gasteiger partial charge in [0.15, 0.2) is 11.5 Å². The Bertz CT molecular complexity index is 2240. The van der Waals surface area contributed by atoms with Crippen molar-refractivity contribution in [3.63, 3.8) is 0 Å². The molecule has 0 bridgehead atoms. The van der Waals surface area contributed by atoms with Gasteiger partial charge in [0.05, 0.1) is 26.4 Å². The summed E-state index contributed by atoms with van der Waals surface area (Å²) in [6.45, 7) is 2.01. The quantitative estimate of drug-likeness (QED) is 0.0575. The van der Waals surface area contributed by atoms with Crippen molar-refractivity contribution in [2.75, 3.05) is 31.5 Å². The van der Waals surface area contributed by atoms with Crippen LogP contribution in [0.1, 0.15) is 80.1 Å². The molecule has 10 nitrogen and oxygen atoms in total. The summed E-state index contributed by atoms with van der Waals surface area (Å²) in [5.74, 6) is -0.744. The maximum atomic E-state index is 14.3. The topological polar surface area (TPSA) is 132 Å². The molecule has 3 N–H and O–H groups in total. The maximum Gasteiger partial charge on any atom is 0.341 e. The van der Waals surface area contributed by atoms with Gasteiger partial charge in [-0.05, 0) is 97.8 Å². The van der Waals surface area contributed by atoms with Crippen LogP contribution in [0.4, 0.5) is 10.7 Å². The summed E-state index contributed by atoms with van der Waals surface area (Å²) in [5.41, 5.74) is 3.65. The number of hydrogen-bond acceptors (Lipinski definition) is 9. The second-order valence-corrected chi connectivity index (χ2v) is 15.5. The minimum absolute atomic E-state index is 0.00174. The highest BCUT2D eigenvalue weighted by molar-refractivity contribution is 8.00. The first kappa shape index (κ1) is 40.8. The molecule has 1 aliphatic carbocycles. The van der Waals surface area contributed by atoms with Gasteiger partial charge in [0.1, 0.15) is 15.9 Å². The minimum atomic E-state index is -0.706. The van der Waals surface area contributed by atoms with E-state index in [-0.39, 0.29) is 18.2 Å². The third-order valence-corrected chi connectivity index (χ3v) is 11.8. The Hall–Kier alpha value is -5.85. The maximum absolute atomic E-state index is 14.3. The van der Waals surface area contributed by atoms with Gasteiger partial charge in [0.25, 0.3) is 11.8 Å². The molecular weight excluding hydrogens is 759 g/mol. The normalized spacial score (nSPS) is 13.2. The number of esters is 1. The van der Waals surface area contributed by atoms with E-state index in [0.29, 0.717) is 43.8 Å². The molecule has 0 spiro atoms. The third-order valence-electron chi connectivity index (χ3n) is 9.32. The average molecular weight is 804 g/mol. The van der Waals surface area contributed by atoms with Gasteiger partial charge >= 0.3 is 5.97 Å². The van der Waals surface area contributed by atoms with Crippen LogP contribution in [0, 0.1) is 0 Å². The lowest BCUT2D eigenvalue weighted by atomic mass is 9.96. The predicted octanol–water partition coefficient (Wildman–Crippen LogP) is 9.48. The lowest BCUT2D eigenvalue weighted by Gasteiger charge is -2.18. The van der Waals surface area contributed by atoms with Gasteiger partial charge in [-0.2, -0.15) is 0 Å². The SMILES string of the molecule is CCOC(=O)c1c(NC(=O)C(Sc2cccc(NC(=O)/C(=C\c3ccc(OC)c(OC)c3)NC(=O)c3ccccc3)c2)c2ccccc2)sc2c1CCCCCC2. The molecule has 0 radical (unpaired) electrons. The highest BCUT2D eigenvalue weighted by Gasteiger charge is 2.29. The first-order valence-corrected chi connectivity index (χ1v) is 20.5. The molecule has 1 aromatic heterocycles. The van der Waals surface area contributed by atoms with E-state index in [4.69, 9.17) is 14.2 Å². The third kappa shape index (κ3) is 10.5. The number of benzene rings is 4. The lowest BCUT2D eigenvalue weighted by molar-refractivity contribution is -0.116. The summed E-state index contributed by atoms with van der Waals surface area (Å²) in [6, 6.07) is 30.4. The number of hydrogen-bond donors (Lipinski definition) is 3. The van der Waals surface area contributed by atoms with E-state index in [0.717, 1.165) is 54.5 Å². The van der Waals surface area contributed by atoms with Crippen LogP contribution in [0.5, 0.6) is 11.5 Å². The molecule has 57 heavy (non-hydrogen) atoms. The van der Waals surface area contributed by atoms with E-state index in [1.165, 1.54) is 37.3 Å². The lowest BCUT2D eigenvalue weighted by Crippen LogP contribution is -2.30. The van der Waals surface area contributed by atoms with Crippen molar-refractivity contribution in [1.82, 2.24) is 5.32 Å². The molecule has 1 unspecified atom stereocenters. The van der Waals surface area contributed by atoms with Gasteiger partial charge < -0.3 is 30.2 Å². The molecular formula is C45H45N3O7S2. The van der Waals surface area contributed by atoms with Crippen LogP contribution in [0.25, 0.3) is 6.08 Å². The first-order chi connectivity index (χ1) is 27.8. The number of carbonyl (C=O) groups excluding carboxylic acids is 4. The van der Waals surface area contributed by atoms with Gasteiger partial charge in [0.2, 0.25) is 5.91 Å². The van der Waals surface area contributed by atoms with Crippen LogP contribution >= 0.6 is 23.1 Å². The van der Waals surface area contributed by atoms with Crippen LogP contribution in [0.3, 0.4) is 0 Å². The number of ether oxygens (including phenoxy) is 3. The largest absolute Gasteiger partial charge is 0.493 e. The molecule has 5 aromatic rings. The zero-order chi connectivity index (χ0) is 40.1. The molecule has 0 aliphatic heterocycles. The highest BCUT2D eigenvalue weighted by Crippen LogP contribution is 2.41. The van der Waals surface area contributed by atoms with E-state index >= 15 is 0 Å². The summed E-state index contributed by atoms with van der Waals surface area (Å²) in [6.07, 6.45) is 7.44. The molecule has 1 atom stereocenters. The predicted molar refractivity (Wildman–Crippen MR) is 226 cm³/mol. The molecule has 0 saturated carbocycles. The summed E-state index contributed by atoms with van der Waals surface area (Å²) >= 11 is 2.78. The van der Waals surface area contributed by atoms with Gasteiger partial charge in [-0.3, -0.25) is 14.4 Å². The van der Waals surface area contributed by atoms with E-state index in [2.05, 4.69) is 16.0 Å². The molecule has 1 heterocycles. The van der Waals surface area contributed by atoms with Gasteiger partial charge in [-0.1, -0.05) is 73.5 Å². The number of rotatable bonds is 14. The van der Waals surface area contributed by atoms with Gasteiger partial charge in [-0.25, -0.2) is 4.79 Å². The number of methoxy groups -OCH3 is 2. The van der Waals surface area contributed by atoms with E-state index in [9.17, 15) is 19.2 Å². The van der Waals surface area contributed by atoms with Crippen molar-refractivity contribution in [2.45, 2.75) is 55.6 Å². The Morgan fingerprint density at radius 2 is 1.51 bits per heavy atom. The molecule has 4 aromatic carbocycles. The molecule has 6 rings (SSSR count). The Balaban J connectivity index is 1.27. The van der Waals surface area contributed by atoms with Crippen molar-refractivity contribution < 1.29 is 33.4 Å². The summed E-state index contributed by atoms with van der Waals surface area (Å²) in [4.78, 5) is 56.7. The van der Waals surface area contributed by atoms with E-state index < -0.39 is 23.0 Å². The first-order valence-electron chi connectivity index (χ1n) is 18.8. The fourth-order valence-electron chi connectivity index (χ4n) is 6.54. The fourth-order valence-corrected chi connectivity index (χ4v) is 8.90. The molecule has 0 saturated heterocycles. The zero-order valence-corrected chi connectivity index (χ0v) is 33.7. The standard InChI is InChI=1S/C45H45N3O7S2/c1-4-55-45(52)39-34-22-13-5-6-14-23-38(34)57-44(39)48-43(51)40(30-16-9-7-10-17-30)56-33-21-15-20-32(28-33)46-42(50)35(47-41(49)31-18-11-8-12-19-31)26-29-24-25-36(53-2)37(27-29)54-3/h7-12,15-21,24-28,40H,4-6,13-14,22-23H2,1-3H3,(H,46,50)(H,47,49)(H,48,51)/b35-26+. The summed E-state index contributed by atoms with van der Waals surface area (Å²) in [7, 11) is 3.05. The molecule has 3 amide bonds. The second kappa shape index (κ2) is 19.8. The van der Waals surface area contributed by atoms with Crippen LogP contribution in [0.2, 0.25) is 0 Å². The van der Waals surface area contributed by atoms with Crippen molar-refractivity contribution in [2.24, 2.45) is 0 Å². The van der Waals surface area contributed by atoms with Crippen molar-refractivity contribution >= 4 is 63.6 Å². The fraction of sp³-hybridized carbons (Fsp3) is 0.244. The van der Waals surface area contributed by atoms with E-state index in [1.54, 1.807) is 79.7 Å². The number of anilines is 2. The zero-order valence-electron chi connectivity index (χ0n) is 32.1. The number of nitrogens with one attached hydrogen (secondary N) is 3. The number of carbonyl (C=O) groups is 4. The number of aryl methyl sites for hydroxylation is 1. The van der Waals surface area contributed by atoms with Crippen LogP contribution in [-0.2, 0) is 27.2 Å². The van der Waals surface area contributed by atoms with Gasteiger partial charge in [-0.15, -0.1) is 23.1 Å². The van der Waals surface area contributed by atoms with Crippen LogP contribution in [0.15, 0.2) is 114 Å². The Morgan fingerprint density at radius 1 is 0.789 bits per heavy atom. The minimum Gasteiger partial charge on any atom is -0.493 e. The van der Waals surface area contributed by atoms with Crippen molar-refractivity contribution in [1.29, 1.82) is 0 Å². The monoisotopic (exact) mass is 803 g/mol. The second-order valence-electron chi connectivity index (χ2n) is 13.2. The van der Waals surface area contributed by atoms with Crippen LogP contribution in [-0.4, -0.2) is 44.5 Å². The Kier molecular flexibility index (Phi) is 14.2. The Morgan fingerprint density at radius 3 is 2.23 bits per heavy atom. The van der Waals surface area contributed by atoms with Crippen LogP contribution < -0.4 is 25.4 Å². The molecule has 1 aliphatic rings. The smallest absolute Gasteiger partial charge is 0.341 e. The highest BCUT2D eigenvalue weighted by atomic mass is 32.2. The van der Waals surface area contributed by atoms with Crippen molar-refractivity contribution in [3.05, 3.63) is 142 Å².